The highest BCUT2D eigenvalue weighted by atomic mass is 16.5. The Morgan fingerprint density at radius 1 is 1.33 bits per heavy atom. The number of hydrogen-bond donors (Lipinski definition) is 1. The molecule has 1 aromatic carbocycles. The average molecular weight is 243 g/mol. The number of carboxylic acid groups (broad SMARTS) is 1. The standard InChI is InChI=1S/C14H13NO3/c1-9-8-12(18-15-9)10-2-4-11(5-3-10)14(6-7-14)13(16)17/h2-5,8H,6-7H2,1H3,(H,16,17). The van der Waals surface area contributed by atoms with Crippen LogP contribution in [0.25, 0.3) is 11.3 Å². The van der Waals surface area contributed by atoms with Gasteiger partial charge in [0.2, 0.25) is 0 Å². The molecule has 1 aromatic heterocycles. The predicted octanol–water partition coefficient (Wildman–Crippen LogP) is 2.77. The van der Waals surface area contributed by atoms with E-state index in [4.69, 9.17) is 4.52 Å². The summed E-state index contributed by atoms with van der Waals surface area (Å²) in [6.07, 6.45) is 1.45. The lowest BCUT2D eigenvalue weighted by Gasteiger charge is -2.09. The van der Waals surface area contributed by atoms with E-state index in [1.807, 2.05) is 37.3 Å². The molecule has 1 aliphatic rings. The molecule has 92 valence electrons. The largest absolute Gasteiger partial charge is 0.481 e. The molecule has 1 heterocycles. The zero-order valence-electron chi connectivity index (χ0n) is 10.0. The van der Waals surface area contributed by atoms with E-state index in [2.05, 4.69) is 5.16 Å². The lowest BCUT2D eigenvalue weighted by molar-refractivity contribution is -0.140. The van der Waals surface area contributed by atoms with Crippen molar-refractivity contribution in [2.24, 2.45) is 0 Å². The molecule has 18 heavy (non-hydrogen) atoms. The molecule has 2 aromatic rings. The molecule has 1 aliphatic carbocycles. The molecule has 0 saturated heterocycles. The number of aromatic nitrogens is 1. The van der Waals surface area contributed by atoms with Crippen LogP contribution in [0.15, 0.2) is 34.9 Å². The normalized spacial score (nSPS) is 16.5. The Labute approximate surface area is 104 Å². The topological polar surface area (TPSA) is 63.3 Å². The van der Waals surface area contributed by atoms with Crippen molar-refractivity contribution in [1.29, 1.82) is 0 Å². The van der Waals surface area contributed by atoms with Crippen LogP contribution in [-0.4, -0.2) is 16.2 Å². The first kappa shape index (κ1) is 11.0. The van der Waals surface area contributed by atoms with Crippen molar-refractivity contribution in [2.75, 3.05) is 0 Å². The third kappa shape index (κ3) is 1.61. The minimum Gasteiger partial charge on any atom is -0.481 e. The maximum Gasteiger partial charge on any atom is 0.314 e. The SMILES string of the molecule is Cc1cc(-c2ccc(C3(C(=O)O)CC3)cc2)on1. The molecule has 0 unspecified atom stereocenters. The van der Waals surface area contributed by atoms with Crippen molar-refractivity contribution < 1.29 is 14.4 Å². The molecular weight excluding hydrogens is 230 g/mol. The van der Waals surface area contributed by atoms with E-state index in [0.29, 0.717) is 5.76 Å². The molecule has 0 radical (unpaired) electrons. The van der Waals surface area contributed by atoms with Crippen molar-refractivity contribution in [3.63, 3.8) is 0 Å². The third-order valence-corrected chi connectivity index (χ3v) is 3.51. The second-order valence-electron chi connectivity index (χ2n) is 4.80. The molecule has 0 bridgehead atoms. The van der Waals surface area contributed by atoms with Crippen LogP contribution >= 0.6 is 0 Å². The van der Waals surface area contributed by atoms with Crippen molar-refractivity contribution >= 4 is 5.97 Å². The summed E-state index contributed by atoms with van der Waals surface area (Å²) in [6, 6.07) is 9.37. The van der Waals surface area contributed by atoms with Gasteiger partial charge in [0.1, 0.15) is 0 Å². The number of aryl methyl sites for hydroxylation is 1. The van der Waals surface area contributed by atoms with Crippen LogP contribution in [0.1, 0.15) is 24.1 Å². The van der Waals surface area contributed by atoms with E-state index in [0.717, 1.165) is 29.7 Å². The highest BCUT2D eigenvalue weighted by Crippen LogP contribution is 2.48. The summed E-state index contributed by atoms with van der Waals surface area (Å²) in [5, 5.41) is 13.1. The van der Waals surface area contributed by atoms with E-state index < -0.39 is 11.4 Å². The summed E-state index contributed by atoms with van der Waals surface area (Å²) < 4.78 is 5.17. The van der Waals surface area contributed by atoms with Crippen LogP contribution in [-0.2, 0) is 10.2 Å². The maximum atomic E-state index is 11.2. The number of carboxylic acids is 1. The fourth-order valence-corrected chi connectivity index (χ4v) is 2.20. The molecular formula is C14H13NO3. The Morgan fingerprint density at radius 3 is 2.44 bits per heavy atom. The second kappa shape index (κ2) is 3.70. The van der Waals surface area contributed by atoms with Crippen LogP contribution < -0.4 is 0 Å². The first-order valence-corrected chi connectivity index (χ1v) is 5.89. The summed E-state index contributed by atoms with van der Waals surface area (Å²) in [6.45, 7) is 1.87. The van der Waals surface area contributed by atoms with Crippen LogP contribution in [0.5, 0.6) is 0 Å². The Kier molecular flexibility index (Phi) is 2.26. The quantitative estimate of drug-likeness (QED) is 0.900. The number of hydrogen-bond acceptors (Lipinski definition) is 3. The third-order valence-electron chi connectivity index (χ3n) is 3.51. The van der Waals surface area contributed by atoms with Crippen molar-refractivity contribution in [3.8, 4) is 11.3 Å². The zero-order valence-corrected chi connectivity index (χ0v) is 10.0. The van der Waals surface area contributed by atoms with Gasteiger partial charge in [-0.1, -0.05) is 29.4 Å². The van der Waals surface area contributed by atoms with Gasteiger partial charge in [-0.15, -0.1) is 0 Å². The van der Waals surface area contributed by atoms with Crippen molar-refractivity contribution in [2.45, 2.75) is 25.2 Å². The Hall–Kier alpha value is -2.10. The van der Waals surface area contributed by atoms with Gasteiger partial charge in [0, 0.05) is 11.6 Å². The summed E-state index contributed by atoms with van der Waals surface area (Å²) >= 11 is 0. The van der Waals surface area contributed by atoms with Crippen LogP contribution in [0.4, 0.5) is 0 Å². The summed E-state index contributed by atoms with van der Waals surface area (Å²) in [5.74, 6) is -0.0232. The van der Waals surface area contributed by atoms with Gasteiger partial charge < -0.3 is 9.63 Å². The fourth-order valence-electron chi connectivity index (χ4n) is 2.20. The van der Waals surface area contributed by atoms with E-state index in [-0.39, 0.29) is 0 Å². The van der Waals surface area contributed by atoms with Gasteiger partial charge in [0.25, 0.3) is 0 Å². The van der Waals surface area contributed by atoms with Gasteiger partial charge >= 0.3 is 5.97 Å². The van der Waals surface area contributed by atoms with E-state index >= 15 is 0 Å². The molecule has 4 nitrogen and oxygen atoms in total. The van der Waals surface area contributed by atoms with Crippen molar-refractivity contribution in [1.82, 2.24) is 5.16 Å². The summed E-state index contributed by atoms with van der Waals surface area (Å²) in [7, 11) is 0. The van der Waals surface area contributed by atoms with Gasteiger partial charge in [-0.3, -0.25) is 4.79 Å². The van der Waals surface area contributed by atoms with Gasteiger partial charge in [0.15, 0.2) is 5.76 Å². The molecule has 1 fully saturated rings. The number of aliphatic carboxylic acids is 1. The maximum absolute atomic E-state index is 11.2. The monoisotopic (exact) mass is 243 g/mol. The van der Waals surface area contributed by atoms with Crippen LogP contribution in [0.2, 0.25) is 0 Å². The number of benzene rings is 1. The van der Waals surface area contributed by atoms with E-state index in [9.17, 15) is 9.90 Å². The smallest absolute Gasteiger partial charge is 0.314 e. The highest BCUT2D eigenvalue weighted by Gasteiger charge is 2.51. The highest BCUT2D eigenvalue weighted by molar-refractivity contribution is 5.85. The number of nitrogens with zero attached hydrogens (tertiary/aromatic N) is 1. The lowest BCUT2D eigenvalue weighted by atomic mass is 9.95. The molecule has 0 atom stereocenters. The van der Waals surface area contributed by atoms with Gasteiger partial charge in [-0.25, -0.2) is 0 Å². The predicted molar refractivity (Wildman–Crippen MR) is 65.2 cm³/mol. The lowest BCUT2D eigenvalue weighted by Crippen LogP contribution is -2.19. The average Bonchev–Trinajstić information content (AvgIpc) is 3.07. The van der Waals surface area contributed by atoms with Gasteiger partial charge in [-0.2, -0.15) is 0 Å². The summed E-state index contributed by atoms with van der Waals surface area (Å²) in [4.78, 5) is 11.2. The molecule has 0 aliphatic heterocycles. The Bertz CT molecular complexity index is 594. The van der Waals surface area contributed by atoms with Gasteiger partial charge in [-0.05, 0) is 25.3 Å². The second-order valence-corrected chi connectivity index (χ2v) is 4.80. The fraction of sp³-hybridized carbons (Fsp3) is 0.286. The number of carbonyl (C=O) groups is 1. The van der Waals surface area contributed by atoms with Crippen molar-refractivity contribution in [3.05, 3.63) is 41.6 Å². The Morgan fingerprint density at radius 2 is 2.00 bits per heavy atom. The zero-order chi connectivity index (χ0) is 12.8. The van der Waals surface area contributed by atoms with E-state index in [1.165, 1.54) is 0 Å². The number of rotatable bonds is 3. The molecule has 1 N–H and O–H groups in total. The minimum absolute atomic E-state index is 0.643. The van der Waals surface area contributed by atoms with Gasteiger partial charge in [0.05, 0.1) is 11.1 Å². The molecule has 0 amide bonds. The van der Waals surface area contributed by atoms with Crippen LogP contribution in [0, 0.1) is 6.92 Å². The Balaban J connectivity index is 1.92. The van der Waals surface area contributed by atoms with Crippen LogP contribution in [0.3, 0.4) is 0 Å². The minimum atomic E-state index is -0.731. The summed E-state index contributed by atoms with van der Waals surface area (Å²) in [5.41, 5.74) is 1.98. The molecule has 0 spiro atoms. The first-order valence-electron chi connectivity index (χ1n) is 5.89. The molecule has 3 rings (SSSR count). The van der Waals surface area contributed by atoms with E-state index in [1.54, 1.807) is 0 Å². The first-order chi connectivity index (χ1) is 8.62. The molecule has 4 heteroatoms. The molecule has 1 saturated carbocycles.